The fraction of sp³-hybridized carbons (Fsp3) is 0.556. The van der Waals surface area contributed by atoms with Crippen LogP contribution in [0.4, 0.5) is 4.79 Å². The standard InChI is InChI=1S/C18H27N3O2S/c1-4-10-20(13-16-9-7-12-24-16)18(23)19-15(3)17(22)21-11-6-5-8-14(21)2/h4,7,9,12,14-15H,1,5-6,8,10-11,13H2,2-3H3,(H,19,23)/t14-,15-/m0/s1. The second-order valence-electron chi connectivity index (χ2n) is 6.30. The molecule has 0 radical (unpaired) electrons. The van der Waals surface area contributed by atoms with Crippen LogP contribution in [0.2, 0.25) is 0 Å². The van der Waals surface area contributed by atoms with Crippen molar-refractivity contribution in [1.29, 1.82) is 0 Å². The van der Waals surface area contributed by atoms with Crippen molar-refractivity contribution in [3.05, 3.63) is 35.0 Å². The smallest absolute Gasteiger partial charge is 0.318 e. The molecule has 1 aromatic rings. The zero-order valence-corrected chi connectivity index (χ0v) is 15.3. The van der Waals surface area contributed by atoms with Crippen molar-refractivity contribution in [2.75, 3.05) is 13.1 Å². The van der Waals surface area contributed by atoms with E-state index in [1.54, 1.807) is 29.2 Å². The predicted octanol–water partition coefficient (Wildman–Crippen LogP) is 3.24. The molecule has 0 bridgehead atoms. The topological polar surface area (TPSA) is 52.7 Å². The molecule has 6 heteroatoms. The minimum Gasteiger partial charge on any atom is -0.338 e. The number of nitrogens with one attached hydrogen (secondary N) is 1. The zero-order chi connectivity index (χ0) is 17.5. The van der Waals surface area contributed by atoms with Crippen LogP contribution in [-0.2, 0) is 11.3 Å². The summed E-state index contributed by atoms with van der Waals surface area (Å²) in [5.41, 5.74) is 0. The Hall–Kier alpha value is -1.82. The third kappa shape index (κ3) is 4.84. The summed E-state index contributed by atoms with van der Waals surface area (Å²) in [5.74, 6) is 0.00484. The van der Waals surface area contributed by atoms with Crippen molar-refractivity contribution >= 4 is 23.3 Å². The summed E-state index contributed by atoms with van der Waals surface area (Å²) in [5, 5.41) is 4.84. The van der Waals surface area contributed by atoms with E-state index in [0.717, 1.165) is 24.3 Å². The molecule has 0 saturated carbocycles. The number of amides is 3. The zero-order valence-electron chi connectivity index (χ0n) is 14.5. The molecule has 0 aliphatic carbocycles. The molecule has 0 aromatic carbocycles. The van der Waals surface area contributed by atoms with Crippen LogP contribution >= 0.6 is 11.3 Å². The molecule has 1 N–H and O–H groups in total. The van der Waals surface area contributed by atoms with Gasteiger partial charge in [0.2, 0.25) is 5.91 Å². The van der Waals surface area contributed by atoms with Crippen LogP contribution < -0.4 is 5.32 Å². The first kappa shape index (κ1) is 18.5. The summed E-state index contributed by atoms with van der Waals surface area (Å²) in [6, 6.07) is 3.47. The normalized spacial score (nSPS) is 18.8. The Morgan fingerprint density at radius 1 is 1.54 bits per heavy atom. The quantitative estimate of drug-likeness (QED) is 0.802. The molecule has 1 aliphatic rings. The molecule has 2 atom stereocenters. The molecule has 1 aliphatic heterocycles. The Balaban J connectivity index is 1.94. The first-order valence-corrected chi connectivity index (χ1v) is 9.40. The van der Waals surface area contributed by atoms with Gasteiger partial charge in [0.15, 0.2) is 0 Å². The molecule has 1 saturated heterocycles. The van der Waals surface area contributed by atoms with Gasteiger partial charge in [-0.05, 0) is 44.6 Å². The Morgan fingerprint density at radius 2 is 2.33 bits per heavy atom. The van der Waals surface area contributed by atoms with Gasteiger partial charge in [-0.1, -0.05) is 12.1 Å². The highest BCUT2D eigenvalue weighted by atomic mass is 32.1. The van der Waals surface area contributed by atoms with E-state index in [0.29, 0.717) is 13.1 Å². The fourth-order valence-corrected chi connectivity index (χ4v) is 3.70. The van der Waals surface area contributed by atoms with Crippen LogP contribution in [0.25, 0.3) is 0 Å². The number of rotatable bonds is 6. The van der Waals surface area contributed by atoms with Crippen LogP contribution in [-0.4, -0.2) is 46.9 Å². The number of urea groups is 1. The lowest BCUT2D eigenvalue weighted by Crippen LogP contribution is -2.53. The Morgan fingerprint density at radius 3 is 2.96 bits per heavy atom. The Bertz CT molecular complexity index is 559. The molecule has 24 heavy (non-hydrogen) atoms. The lowest BCUT2D eigenvalue weighted by molar-refractivity contribution is -0.136. The van der Waals surface area contributed by atoms with Gasteiger partial charge in [-0.25, -0.2) is 4.79 Å². The van der Waals surface area contributed by atoms with Gasteiger partial charge in [-0.15, -0.1) is 17.9 Å². The number of likely N-dealkylation sites (tertiary alicyclic amines) is 1. The van der Waals surface area contributed by atoms with Gasteiger partial charge in [0.1, 0.15) is 6.04 Å². The molecule has 1 aromatic heterocycles. The van der Waals surface area contributed by atoms with Crippen molar-refractivity contribution < 1.29 is 9.59 Å². The number of thiophene rings is 1. The molecule has 2 rings (SSSR count). The fourth-order valence-electron chi connectivity index (χ4n) is 2.98. The van der Waals surface area contributed by atoms with E-state index in [-0.39, 0.29) is 18.0 Å². The van der Waals surface area contributed by atoms with Gasteiger partial charge >= 0.3 is 6.03 Å². The van der Waals surface area contributed by atoms with Crippen LogP contribution in [0.1, 0.15) is 38.0 Å². The van der Waals surface area contributed by atoms with Gasteiger partial charge in [0.05, 0.1) is 6.54 Å². The van der Waals surface area contributed by atoms with E-state index >= 15 is 0 Å². The summed E-state index contributed by atoms with van der Waals surface area (Å²) in [6.45, 7) is 9.31. The van der Waals surface area contributed by atoms with Crippen molar-refractivity contribution in [2.45, 2.75) is 51.7 Å². The molecule has 5 nitrogen and oxygen atoms in total. The molecule has 132 valence electrons. The second kappa shape index (κ2) is 8.87. The molecule has 2 heterocycles. The number of hydrogen-bond donors (Lipinski definition) is 1. The number of hydrogen-bond acceptors (Lipinski definition) is 3. The number of piperidine rings is 1. The van der Waals surface area contributed by atoms with Crippen LogP contribution in [0.5, 0.6) is 0 Å². The molecule has 0 spiro atoms. The van der Waals surface area contributed by atoms with E-state index in [1.807, 2.05) is 22.4 Å². The highest BCUT2D eigenvalue weighted by molar-refractivity contribution is 7.09. The lowest BCUT2D eigenvalue weighted by atomic mass is 10.0. The number of nitrogens with zero attached hydrogens (tertiary/aromatic N) is 2. The SMILES string of the molecule is C=CCN(Cc1cccs1)C(=O)N[C@@H](C)C(=O)N1CCCC[C@@H]1C. The average Bonchev–Trinajstić information content (AvgIpc) is 3.07. The molecule has 3 amide bonds. The van der Waals surface area contributed by atoms with E-state index < -0.39 is 6.04 Å². The predicted molar refractivity (Wildman–Crippen MR) is 97.9 cm³/mol. The first-order valence-electron chi connectivity index (χ1n) is 8.52. The van der Waals surface area contributed by atoms with E-state index in [2.05, 4.69) is 18.8 Å². The average molecular weight is 350 g/mol. The summed E-state index contributed by atoms with van der Waals surface area (Å²) in [4.78, 5) is 29.8. The van der Waals surface area contributed by atoms with E-state index in [9.17, 15) is 9.59 Å². The van der Waals surface area contributed by atoms with Crippen molar-refractivity contribution in [3.8, 4) is 0 Å². The Labute approximate surface area is 148 Å². The Kier molecular flexibility index (Phi) is 6.85. The maximum atomic E-state index is 12.6. The molecular weight excluding hydrogens is 322 g/mol. The minimum absolute atomic E-state index is 0.00484. The van der Waals surface area contributed by atoms with Crippen LogP contribution in [0, 0.1) is 0 Å². The highest BCUT2D eigenvalue weighted by Gasteiger charge is 2.28. The lowest BCUT2D eigenvalue weighted by Gasteiger charge is -2.35. The third-order valence-corrected chi connectivity index (χ3v) is 5.22. The summed E-state index contributed by atoms with van der Waals surface area (Å²) in [7, 11) is 0. The van der Waals surface area contributed by atoms with Gasteiger partial charge in [-0.3, -0.25) is 4.79 Å². The summed E-state index contributed by atoms with van der Waals surface area (Å²) in [6.07, 6.45) is 4.94. The molecule has 1 fully saturated rings. The van der Waals surface area contributed by atoms with Crippen LogP contribution in [0.15, 0.2) is 30.2 Å². The number of carbonyl (C=O) groups is 2. The summed E-state index contributed by atoms with van der Waals surface area (Å²) >= 11 is 1.61. The summed E-state index contributed by atoms with van der Waals surface area (Å²) < 4.78 is 0. The maximum Gasteiger partial charge on any atom is 0.318 e. The van der Waals surface area contributed by atoms with Gasteiger partial charge in [-0.2, -0.15) is 0 Å². The van der Waals surface area contributed by atoms with Crippen molar-refractivity contribution in [2.24, 2.45) is 0 Å². The van der Waals surface area contributed by atoms with Crippen molar-refractivity contribution in [1.82, 2.24) is 15.1 Å². The molecule has 0 unspecified atom stereocenters. The largest absolute Gasteiger partial charge is 0.338 e. The maximum absolute atomic E-state index is 12.6. The minimum atomic E-state index is -0.520. The molecular formula is C18H27N3O2S. The van der Waals surface area contributed by atoms with Gasteiger partial charge in [0.25, 0.3) is 0 Å². The van der Waals surface area contributed by atoms with Gasteiger partial charge in [0, 0.05) is 24.0 Å². The highest BCUT2D eigenvalue weighted by Crippen LogP contribution is 2.17. The first-order chi connectivity index (χ1) is 11.5. The van der Waals surface area contributed by atoms with E-state index in [1.165, 1.54) is 6.42 Å². The number of carbonyl (C=O) groups excluding carboxylic acids is 2. The van der Waals surface area contributed by atoms with Crippen LogP contribution in [0.3, 0.4) is 0 Å². The monoisotopic (exact) mass is 349 g/mol. The van der Waals surface area contributed by atoms with Gasteiger partial charge < -0.3 is 15.1 Å². The third-order valence-electron chi connectivity index (χ3n) is 4.36. The van der Waals surface area contributed by atoms with Crippen molar-refractivity contribution in [3.63, 3.8) is 0 Å². The van der Waals surface area contributed by atoms with E-state index in [4.69, 9.17) is 0 Å². The second-order valence-corrected chi connectivity index (χ2v) is 7.33.